The minimum absolute atomic E-state index is 0.0979. The molecule has 21 heavy (non-hydrogen) atoms. The Kier molecular flexibility index (Phi) is 2.94. The number of Topliss-reactive ketones (excluding diaryl/α,β-unsaturated/α-hetero) is 2. The summed E-state index contributed by atoms with van der Waals surface area (Å²) in [4.78, 5) is 25.1. The van der Waals surface area contributed by atoms with E-state index in [1.54, 1.807) is 0 Å². The van der Waals surface area contributed by atoms with E-state index in [0.29, 0.717) is 35.2 Å². The number of hydrogen-bond acceptors (Lipinski definition) is 2. The van der Waals surface area contributed by atoms with Crippen molar-refractivity contribution in [3.05, 3.63) is 0 Å². The van der Waals surface area contributed by atoms with Crippen molar-refractivity contribution in [2.24, 2.45) is 34.5 Å². The molecule has 2 nitrogen and oxygen atoms in total. The van der Waals surface area contributed by atoms with E-state index >= 15 is 0 Å². The van der Waals surface area contributed by atoms with Crippen LogP contribution < -0.4 is 0 Å². The first-order valence-corrected chi connectivity index (χ1v) is 9.03. The van der Waals surface area contributed by atoms with Crippen LogP contribution in [0.3, 0.4) is 0 Å². The quantitative estimate of drug-likeness (QED) is 0.670. The predicted molar refractivity (Wildman–Crippen MR) is 81.7 cm³/mol. The molecule has 0 aliphatic heterocycles. The van der Waals surface area contributed by atoms with E-state index < -0.39 is 0 Å². The fraction of sp³-hybridized carbons (Fsp3) is 0.895. The summed E-state index contributed by atoms with van der Waals surface area (Å²) in [5.41, 5.74) is 0.143. The second-order valence-electron chi connectivity index (χ2n) is 8.77. The van der Waals surface area contributed by atoms with Gasteiger partial charge in [-0.2, -0.15) is 0 Å². The van der Waals surface area contributed by atoms with Gasteiger partial charge in [0.25, 0.3) is 0 Å². The standard InChI is InChI=1S/C19H28O2/c1-18-9-4-3-5-15(18)16(20)11-12-13-6-7-17(21)19(13,2)10-8-14(12)18/h12-15H,3-11H2,1-2H3/t12-,13-,14-,15+,18+,19-/m0/s1. The lowest BCUT2D eigenvalue weighted by Crippen LogP contribution is -2.55. The number of rotatable bonds is 0. The second kappa shape index (κ2) is 4.43. The van der Waals surface area contributed by atoms with E-state index in [9.17, 15) is 9.59 Å². The highest BCUT2D eigenvalue weighted by atomic mass is 16.1. The van der Waals surface area contributed by atoms with E-state index in [2.05, 4.69) is 13.8 Å². The highest BCUT2D eigenvalue weighted by Gasteiger charge is 2.61. The van der Waals surface area contributed by atoms with Crippen molar-refractivity contribution in [3.8, 4) is 0 Å². The van der Waals surface area contributed by atoms with Crippen molar-refractivity contribution in [2.75, 3.05) is 0 Å². The van der Waals surface area contributed by atoms with Gasteiger partial charge >= 0.3 is 0 Å². The molecule has 0 aromatic heterocycles. The highest BCUT2D eigenvalue weighted by Crippen LogP contribution is 2.64. The Bertz CT molecular complexity index is 496. The number of carbonyl (C=O) groups excluding carboxylic acids is 2. The molecule has 116 valence electrons. The molecule has 6 atom stereocenters. The minimum Gasteiger partial charge on any atom is -0.299 e. The molecule has 0 saturated heterocycles. The lowest BCUT2D eigenvalue weighted by Gasteiger charge is -2.58. The normalized spacial score (nSPS) is 53.0. The van der Waals surface area contributed by atoms with Gasteiger partial charge in [0.05, 0.1) is 0 Å². The molecule has 0 amide bonds. The Balaban J connectivity index is 1.71. The van der Waals surface area contributed by atoms with Crippen LogP contribution in [0.2, 0.25) is 0 Å². The Morgan fingerprint density at radius 2 is 1.76 bits per heavy atom. The van der Waals surface area contributed by atoms with Crippen molar-refractivity contribution >= 4 is 11.6 Å². The Morgan fingerprint density at radius 3 is 2.57 bits per heavy atom. The second-order valence-corrected chi connectivity index (χ2v) is 8.77. The molecule has 2 heteroatoms. The summed E-state index contributed by atoms with van der Waals surface area (Å²) in [7, 11) is 0. The molecule has 4 saturated carbocycles. The van der Waals surface area contributed by atoms with Crippen molar-refractivity contribution in [1.82, 2.24) is 0 Å². The summed E-state index contributed by atoms with van der Waals surface area (Å²) < 4.78 is 0. The third-order valence-corrected chi connectivity index (χ3v) is 8.07. The maximum absolute atomic E-state index is 12.8. The van der Waals surface area contributed by atoms with E-state index in [1.165, 1.54) is 25.7 Å². The number of ketones is 2. The Hall–Kier alpha value is -0.660. The van der Waals surface area contributed by atoms with Gasteiger partial charge in [-0.15, -0.1) is 0 Å². The summed E-state index contributed by atoms with van der Waals surface area (Å²) in [6, 6.07) is 0. The first-order chi connectivity index (χ1) is 9.97. The molecule has 0 radical (unpaired) electrons. The molecule has 0 aromatic rings. The van der Waals surface area contributed by atoms with Crippen molar-refractivity contribution in [2.45, 2.75) is 71.6 Å². The Labute approximate surface area is 128 Å². The maximum Gasteiger partial charge on any atom is 0.139 e. The smallest absolute Gasteiger partial charge is 0.139 e. The molecular formula is C19H28O2. The first-order valence-electron chi connectivity index (χ1n) is 9.03. The number of hydrogen-bond donors (Lipinski definition) is 0. The summed E-state index contributed by atoms with van der Waals surface area (Å²) >= 11 is 0. The van der Waals surface area contributed by atoms with Gasteiger partial charge in [-0.05, 0) is 55.3 Å². The van der Waals surface area contributed by atoms with Gasteiger partial charge in [-0.25, -0.2) is 0 Å². The minimum atomic E-state index is -0.0979. The van der Waals surface area contributed by atoms with Crippen LogP contribution in [-0.4, -0.2) is 11.6 Å². The van der Waals surface area contributed by atoms with Crippen LogP contribution in [0.1, 0.15) is 71.6 Å². The number of fused-ring (bicyclic) bond motifs is 5. The highest BCUT2D eigenvalue weighted by molar-refractivity contribution is 5.88. The molecule has 0 spiro atoms. The molecule has 0 heterocycles. The van der Waals surface area contributed by atoms with Crippen LogP contribution in [-0.2, 0) is 9.59 Å². The molecule has 0 bridgehead atoms. The van der Waals surface area contributed by atoms with Crippen LogP contribution in [0, 0.1) is 34.5 Å². The van der Waals surface area contributed by atoms with Gasteiger partial charge in [0.15, 0.2) is 0 Å². The summed E-state index contributed by atoms with van der Waals surface area (Å²) in [5.74, 6) is 3.03. The topological polar surface area (TPSA) is 34.1 Å². The average Bonchev–Trinajstić information content (AvgIpc) is 2.75. The molecular weight excluding hydrogens is 260 g/mol. The summed E-state index contributed by atoms with van der Waals surface area (Å²) in [5, 5.41) is 0. The third-order valence-electron chi connectivity index (χ3n) is 8.07. The molecule has 4 rings (SSSR count). The SMILES string of the molecule is C[C@]12CCCC[C@@H]1C(=O)C[C@@H]1[C@@H]2CC[C@]2(C)C(=O)CC[C@@H]12. The maximum atomic E-state index is 12.8. The van der Waals surface area contributed by atoms with Gasteiger partial charge in [0.1, 0.15) is 11.6 Å². The molecule has 4 fully saturated rings. The zero-order valence-electron chi connectivity index (χ0n) is 13.5. The van der Waals surface area contributed by atoms with Gasteiger partial charge in [-0.1, -0.05) is 26.7 Å². The van der Waals surface area contributed by atoms with Gasteiger partial charge < -0.3 is 0 Å². The lowest BCUT2D eigenvalue weighted by molar-refractivity contribution is -0.155. The number of carbonyl (C=O) groups is 2. The molecule has 4 aliphatic carbocycles. The Morgan fingerprint density at radius 1 is 0.952 bits per heavy atom. The third kappa shape index (κ3) is 1.71. The van der Waals surface area contributed by atoms with Crippen LogP contribution in [0.15, 0.2) is 0 Å². The summed E-state index contributed by atoms with van der Waals surface area (Å²) in [6.07, 6.45) is 9.74. The van der Waals surface area contributed by atoms with Gasteiger partial charge in [-0.3, -0.25) is 9.59 Å². The molecule has 4 aliphatic rings. The molecule has 0 aromatic carbocycles. The van der Waals surface area contributed by atoms with Crippen LogP contribution in [0.4, 0.5) is 0 Å². The van der Waals surface area contributed by atoms with Crippen molar-refractivity contribution < 1.29 is 9.59 Å². The monoisotopic (exact) mass is 288 g/mol. The van der Waals surface area contributed by atoms with E-state index in [4.69, 9.17) is 0 Å². The van der Waals surface area contributed by atoms with Crippen molar-refractivity contribution in [1.29, 1.82) is 0 Å². The zero-order chi connectivity index (χ0) is 14.8. The largest absolute Gasteiger partial charge is 0.299 e. The van der Waals surface area contributed by atoms with E-state index in [-0.39, 0.29) is 10.8 Å². The first kappa shape index (κ1) is 14.0. The fourth-order valence-corrected chi connectivity index (χ4v) is 6.87. The molecule has 0 N–H and O–H groups in total. The molecule has 0 unspecified atom stereocenters. The van der Waals surface area contributed by atoms with Crippen molar-refractivity contribution in [3.63, 3.8) is 0 Å². The predicted octanol–water partition coefficient (Wildman–Crippen LogP) is 4.17. The van der Waals surface area contributed by atoms with E-state index in [0.717, 1.165) is 32.1 Å². The fourth-order valence-electron chi connectivity index (χ4n) is 6.87. The lowest BCUT2D eigenvalue weighted by atomic mass is 9.45. The van der Waals surface area contributed by atoms with E-state index in [1.807, 2.05) is 0 Å². The van der Waals surface area contributed by atoms with Gasteiger partial charge in [0.2, 0.25) is 0 Å². The van der Waals surface area contributed by atoms with Crippen LogP contribution >= 0.6 is 0 Å². The summed E-state index contributed by atoms with van der Waals surface area (Å²) in [6.45, 7) is 4.61. The zero-order valence-corrected chi connectivity index (χ0v) is 13.5. The van der Waals surface area contributed by atoms with Gasteiger partial charge in [0, 0.05) is 24.2 Å². The average molecular weight is 288 g/mol. The van der Waals surface area contributed by atoms with Crippen LogP contribution in [0.25, 0.3) is 0 Å². The van der Waals surface area contributed by atoms with Crippen LogP contribution in [0.5, 0.6) is 0 Å².